The molecule has 1 N–H and O–H groups in total. The third kappa shape index (κ3) is 7.12. The average Bonchev–Trinajstić information content (AvgIpc) is 2.61. The van der Waals surface area contributed by atoms with Crippen molar-refractivity contribution in [3.05, 3.63) is 36.7 Å². The van der Waals surface area contributed by atoms with Crippen LogP contribution in [0, 0.1) is 12.3 Å². The Bertz CT molecular complexity index is 811. The van der Waals surface area contributed by atoms with Gasteiger partial charge in [0.2, 0.25) is 0 Å². The van der Waals surface area contributed by atoms with E-state index in [-0.39, 0.29) is 12.1 Å². The molecule has 0 radical (unpaired) electrons. The second-order valence-corrected chi connectivity index (χ2v) is 8.30. The van der Waals surface area contributed by atoms with Crippen molar-refractivity contribution in [2.45, 2.75) is 50.7 Å². The van der Waals surface area contributed by atoms with E-state index in [0.717, 1.165) is 15.7 Å². The van der Waals surface area contributed by atoms with Gasteiger partial charge in [-0.3, -0.25) is 9.71 Å². The molecule has 27 heavy (non-hydrogen) atoms. The summed E-state index contributed by atoms with van der Waals surface area (Å²) in [5, 5.41) is 2.26. The number of terminal acetylenes is 1. The van der Waals surface area contributed by atoms with Crippen LogP contribution in [0.4, 0.5) is 4.79 Å². The number of nitrogens with one attached hydrogen (secondary N) is 1. The van der Waals surface area contributed by atoms with Crippen LogP contribution in [-0.4, -0.2) is 40.7 Å². The van der Waals surface area contributed by atoms with E-state index in [1.165, 1.54) is 0 Å². The summed E-state index contributed by atoms with van der Waals surface area (Å²) in [5.74, 6) is 2.58. The lowest BCUT2D eigenvalue weighted by molar-refractivity contribution is 0.0243. The zero-order valence-corrected chi connectivity index (χ0v) is 17.2. The molecule has 144 valence electrons. The topological polar surface area (TPSA) is 54.5 Å². The van der Waals surface area contributed by atoms with Crippen molar-refractivity contribution in [3.63, 3.8) is 0 Å². The Morgan fingerprint density at radius 3 is 2.85 bits per heavy atom. The summed E-state index contributed by atoms with van der Waals surface area (Å²) in [6.07, 6.45) is 9.16. The van der Waals surface area contributed by atoms with E-state index >= 15 is 0 Å². The van der Waals surface area contributed by atoms with Gasteiger partial charge in [-0.25, -0.2) is 4.79 Å². The van der Waals surface area contributed by atoms with Crippen LogP contribution in [0.15, 0.2) is 41.6 Å². The standard InChI is InChI=1S/C21H27N3O2S/c1-6-7-12-24(20(25)26-21(3,4)5)15-16(2)23-27-19-9-8-18-14-22-11-10-17(18)13-19/h1,8-11,13-14,16,23H,7,12,15H2,2-5H3/t16-/m1/s1. The SMILES string of the molecule is C#CCCN(C[C@@H](C)NSc1ccc2cnccc2c1)C(=O)OC(C)(C)C. The van der Waals surface area contributed by atoms with Gasteiger partial charge in [0.1, 0.15) is 5.60 Å². The second-order valence-electron chi connectivity index (χ2n) is 7.39. The van der Waals surface area contributed by atoms with E-state index in [9.17, 15) is 4.79 Å². The van der Waals surface area contributed by atoms with Crippen LogP contribution in [0.25, 0.3) is 10.8 Å². The van der Waals surface area contributed by atoms with Crippen molar-refractivity contribution >= 4 is 28.8 Å². The molecular formula is C21H27N3O2S. The smallest absolute Gasteiger partial charge is 0.410 e. The molecule has 2 rings (SSSR count). The highest BCUT2D eigenvalue weighted by molar-refractivity contribution is 7.97. The summed E-state index contributed by atoms with van der Waals surface area (Å²) >= 11 is 1.54. The first-order chi connectivity index (χ1) is 12.8. The maximum atomic E-state index is 12.4. The normalized spacial score (nSPS) is 12.4. The van der Waals surface area contributed by atoms with Crippen LogP contribution in [0.3, 0.4) is 0 Å². The highest BCUT2D eigenvalue weighted by Crippen LogP contribution is 2.21. The van der Waals surface area contributed by atoms with Crippen molar-refractivity contribution in [2.75, 3.05) is 13.1 Å². The van der Waals surface area contributed by atoms with Crippen LogP contribution < -0.4 is 4.72 Å². The fourth-order valence-corrected chi connectivity index (χ4v) is 3.18. The predicted molar refractivity (Wildman–Crippen MR) is 111 cm³/mol. The predicted octanol–water partition coefficient (Wildman–Crippen LogP) is 4.48. The summed E-state index contributed by atoms with van der Waals surface area (Å²) in [7, 11) is 0. The number of ether oxygens (including phenoxy) is 1. The van der Waals surface area contributed by atoms with Crippen molar-refractivity contribution in [3.8, 4) is 12.3 Å². The molecule has 5 nitrogen and oxygen atoms in total. The molecule has 0 saturated carbocycles. The average molecular weight is 386 g/mol. The summed E-state index contributed by atoms with van der Waals surface area (Å²) in [4.78, 5) is 19.3. The Morgan fingerprint density at radius 2 is 2.15 bits per heavy atom. The van der Waals surface area contributed by atoms with E-state index < -0.39 is 5.60 Å². The number of hydrogen-bond donors (Lipinski definition) is 1. The first kappa shape index (κ1) is 21.1. The Labute approximate surface area is 166 Å². The Balaban J connectivity index is 1.94. The van der Waals surface area contributed by atoms with Crippen LogP contribution in [0.2, 0.25) is 0 Å². The molecule has 1 heterocycles. The van der Waals surface area contributed by atoms with Gasteiger partial charge in [0.15, 0.2) is 0 Å². The van der Waals surface area contributed by atoms with Gasteiger partial charge in [0.05, 0.1) is 0 Å². The van der Waals surface area contributed by atoms with Crippen LogP contribution in [0.1, 0.15) is 34.1 Å². The maximum Gasteiger partial charge on any atom is 0.410 e. The molecule has 0 saturated heterocycles. The van der Waals surface area contributed by atoms with Gasteiger partial charge in [-0.2, -0.15) is 0 Å². The molecule has 1 aromatic carbocycles. The van der Waals surface area contributed by atoms with Crippen molar-refractivity contribution < 1.29 is 9.53 Å². The van der Waals surface area contributed by atoms with Gasteiger partial charge in [-0.1, -0.05) is 6.07 Å². The first-order valence-electron chi connectivity index (χ1n) is 8.96. The molecule has 6 heteroatoms. The zero-order valence-electron chi connectivity index (χ0n) is 16.4. The molecule has 1 atom stereocenters. The molecule has 0 aliphatic carbocycles. The second kappa shape index (κ2) is 9.63. The minimum Gasteiger partial charge on any atom is -0.444 e. The van der Waals surface area contributed by atoms with Crippen LogP contribution >= 0.6 is 11.9 Å². The Morgan fingerprint density at radius 1 is 1.37 bits per heavy atom. The summed E-state index contributed by atoms with van der Waals surface area (Å²) < 4.78 is 8.87. The fourth-order valence-electron chi connectivity index (χ4n) is 2.44. The third-order valence-electron chi connectivity index (χ3n) is 3.66. The van der Waals surface area contributed by atoms with Gasteiger partial charge >= 0.3 is 6.09 Å². The number of pyridine rings is 1. The van der Waals surface area contributed by atoms with E-state index in [1.807, 2.05) is 40.0 Å². The van der Waals surface area contributed by atoms with Crippen molar-refractivity contribution in [1.29, 1.82) is 0 Å². The number of carbonyl (C=O) groups excluding carboxylic acids is 1. The summed E-state index contributed by atoms with van der Waals surface area (Å²) in [5.41, 5.74) is -0.531. The number of hydrogen-bond acceptors (Lipinski definition) is 5. The van der Waals surface area contributed by atoms with Crippen molar-refractivity contribution in [1.82, 2.24) is 14.6 Å². The van der Waals surface area contributed by atoms with Crippen LogP contribution in [0.5, 0.6) is 0 Å². The minimum absolute atomic E-state index is 0.0634. The molecule has 0 fully saturated rings. The number of fused-ring (bicyclic) bond motifs is 1. The van der Waals surface area contributed by atoms with Gasteiger partial charge in [0, 0.05) is 48.2 Å². The Hall–Kier alpha value is -2.23. The number of amides is 1. The molecule has 0 spiro atoms. The number of rotatable bonds is 7. The van der Waals surface area contributed by atoms with E-state index in [2.05, 4.69) is 33.8 Å². The lowest BCUT2D eigenvalue weighted by atomic mass is 10.2. The highest BCUT2D eigenvalue weighted by atomic mass is 32.2. The molecule has 2 aromatic rings. The van der Waals surface area contributed by atoms with Gasteiger partial charge in [-0.15, -0.1) is 12.3 Å². The van der Waals surface area contributed by atoms with Crippen molar-refractivity contribution in [2.24, 2.45) is 0 Å². The monoisotopic (exact) mass is 385 g/mol. The Kier molecular flexibility index (Phi) is 7.52. The van der Waals surface area contributed by atoms with Gasteiger partial charge < -0.3 is 9.64 Å². The lowest BCUT2D eigenvalue weighted by Crippen LogP contribution is -2.43. The minimum atomic E-state index is -0.531. The zero-order chi connectivity index (χ0) is 19.9. The number of benzene rings is 1. The van der Waals surface area contributed by atoms with Crippen LogP contribution in [-0.2, 0) is 4.74 Å². The van der Waals surface area contributed by atoms with E-state index in [1.54, 1.807) is 23.0 Å². The summed E-state index contributed by atoms with van der Waals surface area (Å²) in [6.45, 7) is 8.60. The largest absolute Gasteiger partial charge is 0.444 e. The lowest BCUT2D eigenvalue weighted by Gasteiger charge is -2.29. The fraction of sp³-hybridized carbons (Fsp3) is 0.429. The molecule has 0 unspecified atom stereocenters. The maximum absolute atomic E-state index is 12.4. The highest BCUT2D eigenvalue weighted by Gasteiger charge is 2.23. The first-order valence-corrected chi connectivity index (χ1v) is 9.77. The van der Waals surface area contributed by atoms with E-state index in [0.29, 0.717) is 19.5 Å². The molecular weight excluding hydrogens is 358 g/mol. The quantitative estimate of drug-likeness (QED) is 0.562. The molecule has 1 amide bonds. The third-order valence-corrected chi connectivity index (χ3v) is 4.67. The summed E-state index contributed by atoms with van der Waals surface area (Å²) in [6, 6.07) is 8.28. The number of aromatic nitrogens is 1. The molecule has 0 aliphatic heterocycles. The number of nitrogens with zero attached hydrogens (tertiary/aromatic N) is 2. The molecule has 1 aromatic heterocycles. The van der Waals surface area contributed by atoms with Gasteiger partial charge in [0.25, 0.3) is 0 Å². The molecule has 0 bridgehead atoms. The van der Waals surface area contributed by atoms with E-state index in [4.69, 9.17) is 11.2 Å². The van der Waals surface area contributed by atoms with Gasteiger partial charge in [-0.05, 0) is 63.2 Å². The molecule has 0 aliphatic rings. The number of carbonyl (C=O) groups is 1.